The second-order valence-corrected chi connectivity index (χ2v) is 8.75. The molecule has 2 unspecified atom stereocenters. The minimum absolute atomic E-state index is 0.0660. The Morgan fingerprint density at radius 3 is 2.52 bits per heavy atom. The Morgan fingerprint density at radius 2 is 1.93 bits per heavy atom. The van der Waals surface area contributed by atoms with Crippen LogP contribution in [0.1, 0.15) is 40.7 Å². The summed E-state index contributed by atoms with van der Waals surface area (Å²) in [4.78, 5) is 39.0. The molecular formula is C20H26N2O4S. The van der Waals surface area contributed by atoms with Gasteiger partial charge in [-0.15, -0.1) is 0 Å². The van der Waals surface area contributed by atoms with Gasteiger partial charge in [-0.25, -0.2) is 4.79 Å². The molecule has 0 radical (unpaired) electrons. The summed E-state index contributed by atoms with van der Waals surface area (Å²) in [6.07, 6.45) is 1.85. The molecule has 0 saturated carbocycles. The number of nitrogens with one attached hydrogen (secondary N) is 1. The number of carboxylic acids is 1. The van der Waals surface area contributed by atoms with Gasteiger partial charge in [0.15, 0.2) is 0 Å². The first-order valence-corrected chi connectivity index (χ1v) is 10.5. The quantitative estimate of drug-likeness (QED) is 0.823. The van der Waals surface area contributed by atoms with Crippen LogP contribution in [-0.4, -0.2) is 57.9 Å². The third-order valence-corrected chi connectivity index (χ3v) is 6.53. The van der Waals surface area contributed by atoms with Crippen molar-refractivity contribution in [3.63, 3.8) is 0 Å². The minimum Gasteiger partial charge on any atom is -0.479 e. The maximum absolute atomic E-state index is 12.9. The van der Waals surface area contributed by atoms with Gasteiger partial charge in [-0.1, -0.05) is 17.2 Å². The number of thioether (sulfide) groups is 1. The molecule has 0 aromatic heterocycles. The molecule has 1 aromatic carbocycles. The molecule has 2 amide bonds. The number of carbonyl (C=O) groups excluding carboxylic acids is 2. The van der Waals surface area contributed by atoms with E-state index in [0.29, 0.717) is 37.2 Å². The Kier molecular flexibility index (Phi) is 5.79. The van der Waals surface area contributed by atoms with Crippen molar-refractivity contribution >= 4 is 29.5 Å². The van der Waals surface area contributed by atoms with Gasteiger partial charge in [0.2, 0.25) is 5.91 Å². The van der Waals surface area contributed by atoms with Gasteiger partial charge in [0.25, 0.3) is 5.91 Å². The van der Waals surface area contributed by atoms with Crippen molar-refractivity contribution in [2.75, 3.05) is 24.6 Å². The van der Waals surface area contributed by atoms with Crippen LogP contribution in [-0.2, 0) is 9.59 Å². The van der Waals surface area contributed by atoms with Crippen molar-refractivity contribution < 1.29 is 19.5 Å². The highest BCUT2D eigenvalue weighted by Gasteiger charge is 2.44. The fourth-order valence-electron chi connectivity index (χ4n) is 3.88. The summed E-state index contributed by atoms with van der Waals surface area (Å²) in [6, 6.07) is 5.76. The molecule has 2 heterocycles. The molecule has 2 aliphatic rings. The molecule has 0 aliphatic carbocycles. The van der Waals surface area contributed by atoms with Crippen LogP contribution in [0.4, 0.5) is 0 Å². The van der Waals surface area contributed by atoms with E-state index in [0.717, 1.165) is 23.3 Å². The zero-order valence-corrected chi connectivity index (χ0v) is 16.6. The van der Waals surface area contributed by atoms with E-state index in [4.69, 9.17) is 0 Å². The number of rotatable bonds is 4. The number of hydrogen-bond acceptors (Lipinski definition) is 4. The van der Waals surface area contributed by atoms with Gasteiger partial charge in [0.05, 0.1) is 5.92 Å². The van der Waals surface area contributed by atoms with Crippen LogP contribution >= 0.6 is 11.8 Å². The second kappa shape index (κ2) is 7.92. The summed E-state index contributed by atoms with van der Waals surface area (Å²) in [7, 11) is 0. The molecule has 0 bridgehead atoms. The first-order chi connectivity index (χ1) is 12.8. The summed E-state index contributed by atoms with van der Waals surface area (Å²) in [5.41, 5.74) is 1.54. The smallest absolute Gasteiger partial charge is 0.330 e. The highest BCUT2D eigenvalue weighted by molar-refractivity contribution is 7.99. The van der Waals surface area contributed by atoms with Crippen LogP contribution in [0.15, 0.2) is 18.2 Å². The maximum Gasteiger partial charge on any atom is 0.330 e. The maximum atomic E-state index is 12.9. The lowest BCUT2D eigenvalue weighted by Gasteiger charge is -2.34. The van der Waals surface area contributed by atoms with Crippen molar-refractivity contribution in [3.8, 4) is 0 Å². The van der Waals surface area contributed by atoms with Gasteiger partial charge >= 0.3 is 5.97 Å². The molecule has 2 aliphatic heterocycles. The molecule has 2 N–H and O–H groups in total. The largest absolute Gasteiger partial charge is 0.479 e. The van der Waals surface area contributed by atoms with Gasteiger partial charge in [0.1, 0.15) is 5.54 Å². The van der Waals surface area contributed by atoms with Crippen LogP contribution in [0.2, 0.25) is 0 Å². The molecule has 2 fully saturated rings. The van der Waals surface area contributed by atoms with E-state index in [1.807, 2.05) is 32.0 Å². The average Bonchev–Trinajstić information content (AvgIpc) is 3.10. The van der Waals surface area contributed by atoms with Crippen molar-refractivity contribution in [2.45, 2.75) is 38.6 Å². The van der Waals surface area contributed by atoms with Crippen molar-refractivity contribution in [1.82, 2.24) is 10.2 Å². The van der Waals surface area contributed by atoms with Gasteiger partial charge in [-0.05, 0) is 51.0 Å². The summed E-state index contributed by atoms with van der Waals surface area (Å²) in [5.74, 6) is -0.530. The van der Waals surface area contributed by atoms with Crippen molar-refractivity contribution in [2.24, 2.45) is 5.92 Å². The number of aryl methyl sites for hydroxylation is 2. The van der Waals surface area contributed by atoms with Crippen LogP contribution in [0.3, 0.4) is 0 Å². The highest BCUT2D eigenvalue weighted by atomic mass is 32.2. The summed E-state index contributed by atoms with van der Waals surface area (Å²) in [6.45, 7) is 4.87. The third-order valence-electron chi connectivity index (χ3n) is 5.34. The number of hydrogen-bond donors (Lipinski definition) is 2. The van der Waals surface area contributed by atoms with E-state index in [1.165, 1.54) is 0 Å². The van der Waals surface area contributed by atoms with Crippen molar-refractivity contribution in [3.05, 3.63) is 34.9 Å². The molecule has 2 atom stereocenters. The number of carboxylic acid groups (broad SMARTS) is 1. The van der Waals surface area contributed by atoms with E-state index in [2.05, 4.69) is 5.32 Å². The van der Waals surface area contributed by atoms with Crippen LogP contribution < -0.4 is 5.32 Å². The normalized spacial score (nSPS) is 25.3. The second-order valence-electron chi connectivity index (χ2n) is 7.65. The minimum atomic E-state index is -1.16. The number of carbonyl (C=O) groups is 3. The van der Waals surface area contributed by atoms with Gasteiger partial charge in [-0.2, -0.15) is 11.8 Å². The van der Waals surface area contributed by atoms with Crippen LogP contribution in [0, 0.1) is 19.8 Å². The summed E-state index contributed by atoms with van der Waals surface area (Å²) < 4.78 is 0. The molecule has 146 valence electrons. The lowest BCUT2D eigenvalue weighted by Crippen LogP contribution is -2.57. The number of nitrogens with zero attached hydrogens (tertiary/aromatic N) is 1. The third kappa shape index (κ3) is 4.29. The monoisotopic (exact) mass is 390 g/mol. The SMILES string of the molecule is Cc1cc(C)cc(C(=O)N2CCCC(C(=O)NC3(C(=O)O)CCSC3)C2)c1. The Hall–Kier alpha value is -2.02. The number of likely N-dealkylation sites (tertiary alicyclic amines) is 1. The molecule has 6 nitrogen and oxygen atoms in total. The Balaban J connectivity index is 1.69. The topological polar surface area (TPSA) is 86.7 Å². The Morgan fingerprint density at radius 1 is 1.22 bits per heavy atom. The van der Waals surface area contributed by atoms with E-state index in [-0.39, 0.29) is 17.7 Å². The van der Waals surface area contributed by atoms with Crippen molar-refractivity contribution in [1.29, 1.82) is 0 Å². The predicted octanol–water partition coefficient (Wildman–Crippen LogP) is 2.23. The number of aliphatic carboxylic acids is 1. The number of amides is 2. The summed E-state index contributed by atoms with van der Waals surface area (Å²) in [5, 5.41) is 12.3. The molecule has 0 spiro atoms. The average molecular weight is 391 g/mol. The summed E-state index contributed by atoms with van der Waals surface area (Å²) >= 11 is 1.54. The van der Waals surface area contributed by atoms with E-state index in [1.54, 1.807) is 16.7 Å². The van der Waals surface area contributed by atoms with Gasteiger partial charge in [-0.3, -0.25) is 9.59 Å². The molecular weight excluding hydrogens is 364 g/mol. The number of piperidine rings is 1. The molecule has 3 rings (SSSR count). The fourth-order valence-corrected chi connectivity index (χ4v) is 5.21. The van der Waals surface area contributed by atoms with E-state index < -0.39 is 11.5 Å². The number of benzene rings is 1. The molecule has 2 saturated heterocycles. The van der Waals surface area contributed by atoms with Crippen LogP contribution in [0.25, 0.3) is 0 Å². The standard InChI is InChI=1S/C20H26N2O4S/c1-13-8-14(2)10-16(9-13)18(24)22-6-3-4-15(11-22)17(23)21-20(19(25)26)5-7-27-12-20/h8-10,15H,3-7,11-12H2,1-2H3,(H,21,23)(H,25,26). The predicted molar refractivity (Wildman–Crippen MR) is 105 cm³/mol. The molecule has 7 heteroatoms. The first-order valence-electron chi connectivity index (χ1n) is 9.31. The Bertz CT molecular complexity index is 738. The van der Waals surface area contributed by atoms with Crippen LogP contribution in [0.5, 0.6) is 0 Å². The molecule has 27 heavy (non-hydrogen) atoms. The van der Waals surface area contributed by atoms with E-state index >= 15 is 0 Å². The lowest BCUT2D eigenvalue weighted by atomic mass is 9.93. The molecule has 1 aromatic rings. The zero-order chi connectivity index (χ0) is 19.6. The fraction of sp³-hybridized carbons (Fsp3) is 0.550. The lowest BCUT2D eigenvalue weighted by molar-refractivity contribution is -0.147. The van der Waals surface area contributed by atoms with E-state index in [9.17, 15) is 19.5 Å². The van der Waals surface area contributed by atoms with Gasteiger partial charge in [0, 0.05) is 24.4 Å². The zero-order valence-electron chi connectivity index (χ0n) is 15.8. The Labute approximate surface area is 163 Å². The highest BCUT2D eigenvalue weighted by Crippen LogP contribution is 2.29. The van der Waals surface area contributed by atoms with Gasteiger partial charge < -0.3 is 15.3 Å². The first kappa shape index (κ1) is 19.7.